The number of hydrogen-bond donors (Lipinski definition) is 2. The van der Waals surface area contributed by atoms with Crippen LogP contribution in [-0.4, -0.2) is 34.5 Å². The van der Waals surface area contributed by atoms with E-state index in [0.29, 0.717) is 29.5 Å². The zero-order valence-electron chi connectivity index (χ0n) is 19.9. The molecule has 1 unspecified atom stereocenters. The first-order valence-corrected chi connectivity index (χ1v) is 12.5. The van der Waals surface area contributed by atoms with E-state index in [4.69, 9.17) is 10.1 Å². The van der Waals surface area contributed by atoms with E-state index in [0.717, 1.165) is 58.8 Å². The number of nitrogens with one attached hydrogen (secondary N) is 1. The van der Waals surface area contributed by atoms with E-state index in [2.05, 4.69) is 30.2 Å². The van der Waals surface area contributed by atoms with Gasteiger partial charge in [0.05, 0.1) is 35.4 Å². The summed E-state index contributed by atoms with van der Waals surface area (Å²) >= 11 is 1.14. The quantitative estimate of drug-likeness (QED) is 0.352. The van der Waals surface area contributed by atoms with Gasteiger partial charge in [-0.3, -0.25) is 19.5 Å². The Kier molecular flexibility index (Phi) is 6.44. The molecule has 0 radical (unpaired) electrons. The standard InChI is InChI=1S/C24H27N9OS/c1-4-13(2)33-23-18(31-22(24(33)34)27-9-16-7-8-17(35-25)10-26-16)11-28-21(32-23)19-14(3)29-12-30-20(19)15-5-6-15/h7-8,10-13,15H,4-6,9,25H2,1-3H3,(H,27,31). The van der Waals surface area contributed by atoms with Crippen LogP contribution in [0.5, 0.6) is 0 Å². The average molecular weight is 490 g/mol. The molecule has 1 aliphatic carbocycles. The van der Waals surface area contributed by atoms with Crippen molar-refractivity contribution in [3.63, 3.8) is 0 Å². The van der Waals surface area contributed by atoms with E-state index in [1.807, 2.05) is 32.9 Å². The number of nitrogens with zero attached hydrogens (tertiary/aromatic N) is 7. The van der Waals surface area contributed by atoms with Crippen LogP contribution < -0.4 is 16.0 Å². The van der Waals surface area contributed by atoms with Crippen LogP contribution in [0.2, 0.25) is 0 Å². The van der Waals surface area contributed by atoms with Crippen molar-refractivity contribution in [3.05, 3.63) is 58.3 Å². The van der Waals surface area contributed by atoms with Gasteiger partial charge in [0.1, 0.15) is 11.8 Å². The van der Waals surface area contributed by atoms with E-state index in [1.54, 1.807) is 23.3 Å². The Morgan fingerprint density at radius 1 is 1.17 bits per heavy atom. The number of aromatic nitrogens is 7. The molecule has 3 N–H and O–H groups in total. The topological polar surface area (TPSA) is 137 Å². The van der Waals surface area contributed by atoms with Crippen molar-refractivity contribution in [2.45, 2.75) is 63.4 Å². The smallest absolute Gasteiger partial charge is 0.295 e. The number of anilines is 1. The highest BCUT2D eigenvalue weighted by Gasteiger charge is 2.30. The fraction of sp³-hybridized carbons (Fsp3) is 0.375. The van der Waals surface area contributed by atoms with Crippen molar-refractivity contribution in [1.29, 1.82) is 0 Å². The summed E-state index contributed by atoms with van der Waals surface area (Å²) in [6.07, 6.45) is 7.95. The van der Waals surface area contributed by atoms with Gasteiger partial charge >= 0.3 is 0 Å². The lowest BCUT2D eigenvalue weighted by Crippen LogP contribution is -2.28. The summed E-state index contributed by atoms with van der Waals surface area (Å²) in [5, 5.41) is 8.71. The van der Waals surface area contributed by atoms with Gasteiger partial charge in [-0.1, -0.05) is 6.92 Å². The monoisotopic (exact) mass is 489 g/mol. The molecule has 0 saturated heterocycles. The molecule has 4 aromatic rings. The first-order valence-electron chi connectivity index (χ1n) is 11.7. The molecular formula is C24H27N9OS. The van der Waals surface area contributed by atoms with Crippen LogP contribution >= 0.6 is 11.9 Å². The Balaban J connectivity index is 1.57. The highest BCUT2D eigenvalue weighted by atomic mass is 32.2. The second-order valence-corrected chi connectivity index (χ2v) is 9.45. The fourth-order valence-electron chi connectivity index (χ4n) is 4.02. The van der Waals surface area contributed by atoms with E-state index < -0.39 is 0 Å². The number of nitrogens with two attached hydrogens (primary N) is 1. The second kappa shape index (κ2) is 9.67. The van der Waals surface area contributed by atoms with Crippen LogP contribution in [0.3, 0.4) is 0 Å². The normalized spacial score (nSPS) is 14.3. The van der Waals surface area contributed by atoms with Crippen LogP contribution in [0.25, 0.3) is 22.6 Å². The zero-order valence-corrected chi connectivity index (χ0v) is 20.7. The van der Waals surface area contributed by atoms with Gasteiger partial charge in [0.25, 0.3) is 5.56 Å². The van der Waals surface area contributed by atoms with E-state index >= 15 is 0 Å². The Labute approximate surface area is 207 Å². The molecule has 0 aliphatic heterocycles. The maximum absolute atomic E-state index is 13.5. The minimum atomic E-state index is -0.228. The third-order valence-corrected chi connectivity index (χ3v) is 6.80. The highest BCUT2D eigenvalue weighted by molar-refractivity contribution is 7.97. The molecule has 1 atom stereocenters. The molecule has 180 valence electrons. The van der Waals surface area contributed by atoms with Crippen LogP contribution in [0.15, 0.2) is 40.5 Å². The van der Waals surface area contributed by atoms with Gasteiger partial charge in [0.2, 0.25) is 0 Å². The van der Waals surface area contributed by atoms with E-state index in [-0.39, 0.29) is 17.4 Å². The molecule has 0 bridgehead atoms. The lowest BCUT2D eigenvalue weighted by molar-refractivity contribution is 0.526. The maximum atomic E-state index is 13.5. The largest absolute Gasteiger partial charge is 0.360 e. The van der Waals surface area contributed by atoms with Crippen molar-refractivity contribution >= 4 is 28.9 Å². The molecule has 1 saturated carbocycles. The number of aryl methyl sites for hydroxylation is 1. The lowest BCUT2D eigenvalue weighted by Gasteiger charge is -2.18. The molecule has 10 nitrogen and oxygen atoms in total. The van der Waals surface area contributed by atoms with Gasteiger partial charge in [-0.15, -0.1) is 0 Å². The first kappa shape index (κ1) is 23.3. The third kappa shape index (κ3) is 4.61. The Morgan fingerprint density at radius 3 is 2.69 bits per heavy atom. The fourth-order valence-corrected chi connectivity index (χ4v) is 4.28. The molecule has 4 aromatic heterocycles. The van der Waals surface area contributed by atoms with Crippen molar-refractivity contribution in [1.82, 2.24) is 34.5 Å². The highest BCUT2D eigenvalue weighted by Crippen LogP contribution is 2.43. The Bertz CT molecular complexity index is 1430. The van der Waals surface area contributed by atoms with Crippen LogP contribution in [0.4, 0.5) is 5.82 Å². The van der Waals surface area contributed by atoms with Crippen LogP contribution in [-0.2, 0) is 6.54 Å². The number of rotatable bonds is 8. The molecule has 0 spiro atoms. The molecule has 11 heteroatoms. The molecule has 0 aromatic carbocycles. The summed E-state index contributed by atoms with van der Waals surface area (Å²) in [7, 11) is 0. The molecule has 1 fully saturated rings. The van der Waals surface area contributed by atoms with E-state index in [9.17, 15) is 4.79 Å². The minimum absolute atomic E-state index is 0.0775. The Morgan fingerprint density at radius 2 is 2.00 bits per heavy atom. The number of pyridine rings is 1. The van der Waals surface area contributed by atoms with Crippen molar-refractivity contribution in [2.24, 2.45) is 5.14 Å². The molecule has 4 heterocycles. The van der Waals surface area contributed by atoms with Crippen LogP contribution in [0, 0.1) is 6.92 Å². The average Bonchev–Trinajstić information content (AvgIpc) is 3.72. The predicted molar refractivity (Wildman–Crippen MR) is 136 cm³/mol. The minimum Gasteiger partial charge on any atom is -0.360 e. The number of hydrogen-bond acceptors (Lipinski definition) is 10. The molecule has 35 heavy (non-hydrogen) atoms. The Hall–Kier alpha value is -3.44. The summed E-state index contributed by atoms with van der Waals surface area (Å²) < 4.78 is 1.70. The zero-order chi connectivity index (χ0) is 24.5. The predicted octanol–water partition coefficient (Wildman–Crippen LogP) is 3.77. The van der Waals surface area contributed by atoms with Gasteiger partial charge in [0.15, 0.2) is 17.3 Å². The van der Waals surface area contributed by atoms with Crippen LogP contribution in [0.1, 0.15) is 62.2 Å². The van der Waals surface area contributed by atoms with Gasteiger partial charge in [-0.2, -0.15) is 0 Å². The molecule has 5 rings (SSSR count). The third-order valence-electron chi connectivity index (χ3n) is 6.29. The summed E-state index contributed by atoms with van der Waals surface area (Å²) in [5.41, 5.74) is 4.26. The second-order valence-electron chi connectivity index (χ2n) is 8.75. The van der Waals surface area contributed by atoms with Gasteiger partial charge in [-0.25, -0.2) is 24.9 Å². The molecule has 0 amide bonds. The maximum Gasteiger partial charge on any atom is 0.295 e. The summed E-state index contributed by atoms with van der Waals surface area (Å²) in [4.78, 5) is 41.7. The lowest BCUT2D eigenvalue weighted by atomic mass is 10.1. The van der Waals surface area contributed by atoms with E-state index in [1.165, 1.54) is 0 Å². The van der Waals surface area contributed by atoms with Crippen molar-refractivity contribution in [2.75, 3.05) is 5.32 Å². The summed E-state index contributed by atoms with van der Waals surface area (Å²) in [6, 6.07) is 3.68. The summed E-state index contributed by atoms with van der Waals surface area (Å²) in [6.45, 7) is 6.34. The molecule has 1 aliphatic rings. The summed E-state index contributed by atoms with van der Waals surface area (Å²) in [5.74, 6) is 1.18. The van der Waals surface area contributed by atoms with Gasteiger partial charge in [0, 0.05) is 23.1 Å². The SMILES string of the molecule is CCC(C)n1c(=O)c(NCc2ccc(SN)cn2)nc2cnc(-c3c(C)ncnc3C3CC3)nc21. The first-order chi connectivity index (χ1) is 17.0. The van der Waals surface area contributed by atoms with Crippen molar-refractivity contribution < 1.29 is 0 Å². The van der Waals surface area contributed by atoms with Gasteiger partial charge in [-0.05, 0) is 57.2 Å². The van der Waals surface area contributed by atoms with Gasteiger partial charge < -0.3 is 5.32 Å². The molecular weight excluding hydrogens is 462 g/mol. The number of fused-ring (bicyclic) bond motifs is 1. The van der Waals surface area contributed by atoms with Crippen molar-refractivity contribution in [3.8, 4) is 11.4 Å².